The van der Waals surface area contributed by atoms with Crippen LogP contribution in [0.25, 0.3) is 93.9 Å². The second-order valence-corrected chi connectivity index (χ2v) is 11.7. The molecule has 0 atom stereocenters. The highest BCUT2D eigenvalue weighted by atomic mass is 16.3. The van der Waals surface area contributed by atoms with Gasteiger partial charge in [0.1, 0.15) is 11.2 Å². The lowest BCUT2D eigenvalue weighted by molar-refractivity contribution is 0.669. The first kappa shape index (κ1) is 25.0. The molecule has 0 radical (unpaired) electrons. The lowest BCUT2D eigenvalue weighted by Gasteiger charge is -2.13. The first-order chi connectivity index (χ1) is 22.8. The molecule has 4 aromatic heterocycles. The van der Waals surface area contributed by atoms with Crippen molar-refractivity contribution in [3.8, 4) is 28.3 Å². The fourth-order valence-electron chi connectivity index (χ4n) is 6.85. The number of benzene rings is 6. The second-order valence-electron chi connectivity index (χ2n) is 11.7. The fraction of sp³-hybridized carbons (Fsp3) is 0. The number of para-hydroxylation sites is 1. The predicted molar refractivity (Wildman–Crippen MR) is 187 cm³/mol. The summed E-state index contributed by atoms with van der Waals surface area (Å²) >= 11 is 0. The van der Waals surface area contributed by atoms with Crippen LogP contribution in [0.3, 0.4) is 0 Å². The van der Waals surface area contributed by atoms with Crippen LogP contribution >= 0.6 is 0 Å². The molecule has 214 valence electrons. The minimum atomic E-state index is 0.596. The van der Waals surface area contributed by atoms with Crippen LogP contribution in [0.4, 0.5) is 0 Å². The Kier molecular flexibility index (Phi) is 5.22. The third-order valence-corrected chi connectivity index (χ3v) is 9.04. The Balaban J connectivity index is 1.30. The molecule has 0 aliphatic rings. The average Bonchev–Trinajstić information content (AvgIpc) is 3.65. The molecule has 0 fully saturated rings. The molecule has 0 saturated heterocycles. The molecule has 0 saturated carbocycles. The second kappa shape index (κ2) is 9.58. The van der Waals surface area contributed by atoms with E-state index in [0.717, 1.165) is 55.3 Å². The molecule has 0 aliphatic heterocycles. The van der Waals surface area contributed by atoms with Gasteiger partial charge in [0, 0.05) is 33.3 Å². The molecule has 4 heterocycles. The third kappa shape index (κ3) is 3.72. The molecule has 0 N–H and O–H groups in total. The van der Waals surface area contributed by atoms with E-state index in [-0.39, 0.29) is 0 Å². The van der Waals surface area contributed by atoms with Gasteiger partial charge in [-0.2, -0.15) is 0 Å². The Morgan fingerprint density at radius 3 is 2.09 bits per heavy atom. The maximum absolute atomic E-state index is 6.24. The van der Waals surface area contributed by atoms with Gasteiger partial charge in [0.05, 0.1) is 16.4 Å². The Morgan fingerprint density at radius 1 is 0.457 bits per heavy atom. The van der Waals surface area contributed by atoms with Gasteiger partial charge in [-0.25, -0.2) is 15.0 Å². The van der Waals surface area contributed by atoms with Crippen molar-refractivity contribution in [3.05, 3.63) is 146 Å². The SMILES string of the molecule is c1ccc(-c2ccc3c4cc5ccccc5cc4n(-c4nc(-c5ccc6c(c5)oc5ccccc56)nc5ncccc45)c3c2)cc1. The van der Waals surface area contributed by atoms with E-state index in [9.17, 15) is 0 Å². The first-order valence-electron chi connectivity index (χ1n) is 15.4. The van der Waals surface area contributed by atoms with Gasteiger partial charge in [-0.3, -0.25) is 4.57 Å². The Hall–Kier alpha value is -6.33. The summed E-state index contributed by atoms with van der Waals surface area (Å²) in [5, 5.41) is 7.77. The highest BCUT2D eigenvalue weighted by molar-refractivity contribution is 6.15. The monoisotopic (exact) mass is 588 g/mol. The summed E-state index contributed by atoms with van der Waals surface area (Å²) in [6.07, 6.45) is 1.79. The van der Waals surface area contributed by atoms with E-state index >= 15 is 0 Å². The van der Waals surface area contributed by atoms with E-state index in [1.165, 1.54) is 27.1 Å². The molecule has 10 aromatic rings. The van der Waals surface area contributed by atoms with Gasteiger partial charge in [-0.15, -0.1) is 0 Å². The number of nitrogens with zero attached hydrogens (tertiary/aromatic N) is 4. The number of furan rings is 1. The number of hydrogen-bond acceptors (Lipinski definition) is 4. The topological polar surface area (TPSA) is 56.7 Å². The highest BCUT2D eigenvalue weighted by Gasteiger charge is 2.20. The summed E-state index contributed by atoms with van der Waals surface area (Å²) in [5.41, 5.74) is 7.66. The van der Waals surface area contributed by atoms with Crippen molar-refractivity contribution >= 4 is 65.6 Å². The molecule has 5 nitrogen and oxygen atoms in total. The van der Waals surface area contributed by atoms with Gasteiger partial charge in [0.2, 0.25) is 0 Å². The van der Waals surface area contributed by atoms with Crippen LogP contribution in [0, 0.1) is 0 Å². The molecular formula is C41H24N4O. The lowest BCUT2D eigenvalue weighted by Crippen LogP contribution is -2.03. The largest absolute Gasteiger partial charge is 0.456 e. The van der Waals surface area contributed by atoms with Crippen LogP contribution in [0.15, 0.2) is 150 Å². The quantitative estimate of drug-likeness (QED) is 0.206. The van der Waals surface area contributed by atoms with Gasteiger partial charge in [0.25, 0.3) is 0 Å². The van der Waals surface area contributed by atoms with E-state index in [1.54, 1.807) is 6.20 Å². The van der Waals surface area contributed by atoms with E-state index in [2.05, 4.69) is 114 Å². The van der Waals surface area contributed by atoms with Gasteiger partial charge in [-0.05, 0) is 70.4 Å². The van der Waals surface area contributed by atoms with E-state index in [0.29, 0.717) is 11.5 Å². The maximum atomic E-state index is 6.24. The Morgan fingerprint density at radius 2 is 1.17 bits per heavy atom. The van der Waals surface area contributed by atoms with Crippen LogP contribution < -0.4 is 0 Å². The van der Waals surface area contributed by atoms with Gasteiger partial charge >= 0.3 is 0 Å². The van der Waals surface area contributed by atoms with Crippen LogP contribution in [0.5, 0.6) is 0 Å². The molecule has 6 aromatic carbocycles. The summed E-state index contributed by atoms with van der Waals surface area (Å²) in [6, 6.07) is 48.7. The van der Waals surface area contributed by atoms with Crippen LogP contribution in [-0.2, 0) is 0 Å². The summed E-state index contributed by atoms with van der Waals surface area (Å²) in [7, 11) is 0. The average molecular weight is 589 g/mol. The zero-order chi connectivity index (χ0) is 30.2. The van der Waals surface area contributed by atoms with Crippen molar-refractivity contribution in [1.29, 1.82) is 0 Å². The van der Waals surface area contributed by atoms with Crippen LogP contribution in [-0.4, -0.2) is 19.5 Å². The highest BCUT2D eigenvalue weighted by Crippen LogP contribution is 2.39. The summed E-state index contributed by atoms with van der Waals surface area (Å²) < 4.78 is 8.53. The molecule has 0 unspecified atom stereocenters. The standard InChI is InChI=1S/C41H24N4O/c1-2-9-25(10-3-1)28-16-18-30-34-21-26-11-4-5-12-27(26)22-36(34)45(35(30)23-28)41-33-14-8-20-42-40(33)43-39(44-41)29-17-19-32-31-13-6-7-15-37(31)46-38(32)24-29/h1-24H. The molecule has 0 aliphatic carbocycles. The van der Waals surface area contributed by atoms with Crippen molar-refractivity contribution in [2.75, 3.05) is 0 Å². The summed E-state index contributed by atoms with van der Waals surface area (Å²) in [5.74, 6) is 1.39. The predicted octanol–water partition coefficient (Wildman–Crippen LogP) is 10.5. The summed E-state index contributed by atoms with van der Waals surface area (Å²) in [4.78, 5) is 15.0. The van der Waals surface area contributed by atoms with E-state index in [1.807, 2.05) is 30.3 Å². The van der Waals surface area contributed by atoms with Crippen LogP contribution in [0.2, 0.25) is 0 Å². The number of rotatable bonds is 3. The van der Waals surface area contributed by atoms with Gasteiger partial charge in [-0.1, -0.05) is 91.0 Å². The minimum absolute atomic E-state index is 0.596. The molecular weight excluding hydrogens is 564 g/mol. The number of pyridine rings is 1. The van der Waals surface area contributed by atoms with E-state index in [4.69, 9.17) is 19.4 Å². The van der Waals surface area contributed by atoms with Gasteiger partial charge < -0.3 is 4.42 Å². The lowest BCUT2D eigenvalue weighted by atomic mass is 10.0. The molecule has 46 heavy (non-hydrogen) atoms. The molecule has 5 heteroatoms. The molecule has 10 rings (SSSR count). The van der Waals surface area contributed by atoms with Crippen molar-refractivity contribution in [2.24, 2.45) is 0 Å². The van der Waals surface area contributed by atoms with Crippen molar-refractivity contribution in [2.45, 2.75) is 0 Å². The minimum Gasteiger partial charge on any atom is -0.456 e. The van der Waals surface area contributed by atoms with Crippen molar-refractivity contribution in [1.82, 2.24) is 19.5 Å². The molecule has 0 amide bonds. The van der Waals surface area contributed by atoms with Gasteiger partial charge in [0.15, 0.2) is 17.3 Å². The summed E-state index contributed by atoms with van der Waals surface area (Å²) in [6.45, 7) is 0. The normalized spacial score (nSPS) is 11.9. The molecule has 0 bridgehead atoms. The number of aromatic nitrogens is 4. The zero-order valence-corrected chi connectivity index (χ0v) is 24.6. The maximum Gasteiger partial charge on any atom is 0.165 e. The Bertz CT molecular complexity index is 2810. The number of fused-ring (bicyclic) bond motifs is 8. The fourth-order valence-corrected chi connectivity index (χ4v) is 6.85. The third-order valence-electron chi connectivity index (χ3n) is 9.04. The van der Waals surface area contributed by atoms with Crippen molar-refractivity contribution in [3.63, 3.8) is 0 Å². The molecule has 0 spiro atoms. The zero-order valence-electron chi connectivity index (χ0n) is 24.6. The van der Waals surface area contributed by atoms with Crippen LogP contribution in [0.1, 0.15) is 0 Å². The van der Waals surface area contributed by atoms with Crippen molar-refractivity contribution < 1.29 is 4.42 Å². The Labute approximate surface area is 263 Å². The first-order valence-corrected chi connectivity index (χ1v) is 15.4. The smallest absolute Gasteiger partial charge is 0.165 e. The van der Waals surface area contributed by atoms with E-state index < -0.39 is 0 Å². The number of hydrogen-bond donors (Lipinski definition) is 0.